The molecule has 0 aromatic heterocycles. The van der Waals surface area contributed by atoms with Crippen LogP contribution in [0.5, 0.6) is 11.5 Å². The Labute approximate surface area is 148 Å². The third-order valence-corrected chi connectivity index (χ3v) is 3.26. The summed E-state index contributed by atoms with van der Waals surface area (Å²) in [6.07, 6.45) is 0.164. The zero-order valence-electron chi connectivity index (χ0n) is 13.1. The number of ether oxygens (including phenoxy) is 2. The minimum absolute atomic E-state index is 0.0999. The molecule has 1 aromatic carbocycles. The van der Waals surface area contributed by atoms with E-state index >= 15 is 0 Å². The molecule has 1 aromatic rings. The molecule has 0 spiro atoms. The van der Waals surface area contributed by atoms with Crippen molar-refractivity contribution < 1.29 is 9.47 Å². The van der Waals surface area contributed by atoms with Crippen LogP contribution in [0, 0.1) is 0 Å². The van der Waals surface area contributed by atoms with Gasteiger partial charge in [0.1, 0.15) is 23.5 Å². The van der Waals surface area contributed by atoms with Gasteiger partial charge in [-0.15, -0.1) is 0 Å². The first-order valence-electron chi connectivity index (χ1n) is 6.83. The molecule has 0 fully saturated rings. The van der Waals surface area contributed by atoms with Gasteiger partial charge in [-0.2, -0.15) is 0 Å². The topological polar surface area (TPSA) is 30.5 Å². The van der Waals surface area contributed by atoms with Gasteiger partial charge in [0.25, 0.3) is 0 Å². The van der Waals surface area contributed by atoms with E-state index in [4.69, 9.17) is 72.2 Å². The Morgan fingerprint density at radius 3 is 1.87 bits per heavy atom. The lowest BCUT2D eigenvalue weighted by Crippen LogP contribution is -2.58. The van der Waals surface area contributed by atoms with Gasteiger partial charge in [-0.3, -0.25) is 0 Å². The smallest absolute Gasteiger partial charge is 0.175 e. The van der Waals surface area contributed by atoms with E-state index in [0.717, 1.165) is 0 Å². The molecule has 0 saturated carbocycles. The normalized spacial score (nSPS) is 18.5. The number of fused-ring (bicyclic) bond motifs is 1. The lowest BCUT2D eigenvalue weighted by atomic mass is 9.59. The van der Waals surface area contributed by atoms with Gasteiger partial charge in [-0.05, 0) is 17.3 Å². The SMILES string of the molecule is [B]c1c([B])c2c(c([B])c1CC([B])(C)NC([B])([B])C)OC([B])([B])O2. The van der Waals surface area contributed by atoms with E-state index in [9.17, 15) is 0 Å². The maximum Gasteiger partial charge on any atom is 0.175 e. The van der Waals surface area contributed by atoms with Crippen LogP contribution in [0.2, 0.25) is 0 Å². The fourth-order valence-corrected chi connectivity index (χ4v) is 2.57. The van der Waals surface area contributed by atoms with Gasteiger partial charge in [0.2, 0.25) is 0 Å². The molecular formula is C12H9B8NO2. The summed E-state index contributed by atoms with van der Waals surface area (Å²) in [7, 11) is 46.9. The summed E-state index contributed by atoms with van der Waals surface area (Å²) in [6.45, 7) is 3.25. The Morgan fingerprint density at radius 2 is 1.39 bits per heavy atom. The molecule has 1 unspecified atom stereocenters. The maximum absolute atomic E-state index is 6.18. The van der Waals surface area contributed by atoms with Gasteiger partial charge < -0.3 is 14.8 Å². The summed E-state index contributed by atoms with van der Waals surface area (Å²) >= 11 is 0. The van der Waals surface area contributed by atoms with E-state index in [1.807, 2.05) is 0 Å². The zero-order valence-corrected chi connectivity index (χ0v) is 13.1. The second-order valence-corrected chi connectivity index (χ2v) is 6.31. The Hall–Kier alpha value is -0.701. The zero-order chi connectivity index (χ0) is 17.8. The van der Waals surface area contributed by atoms with Crippen molar-refractivity contribution in [3.8, 4) is 11.5 Å². The van der Waals surface area contributed by atoms with Crippen molar-refractivity contribution in [2.45, 2.75) is 36.6 Å². The van der Waals surface area contributed by atoms with Crippen LogP contribution >= 0.6 is 0 Å². The molecule has 11 heteroatoms. The van der Waals surface area contributed by atoms with E-state index in [2.05, 4.69) is 5.32 Å². The van der Waals surface area contributed by atoms with E-state index in [-0.39, 0.29) is 34.3 Å². The highest BCUT2D eigenvalue weighted by atomic mass is 16.7. The van der Waals surface area contributed by atoms with Crippen molar-refractivity contribution >= 4 is 79.2 Å². The Bertz CT molecular complexity index is 641. The van der Waals surface area contributed by atoms with Crippen molar-refractivity contribution in [2.24, 2.45) is 0 Å². The van der Waals surface area contributed by atoms with Gasteiger partial charge in [-0.25, -0.2) is 0 Å². The summed E-state index contributed by atoms with van der Waals surface area (Å²) in [5, 5.41) is 1.67. The van der Waals surface area contributed by atoms with E-state index in [1.54, 1.807) is 13.8 Å². The van der Waals surface area contributed by atoms with Crippen molar-refractivity contribution in [3.05, 3.63) is 5.56 Å². The molecule has 98 valence electrons. The average molecular weight is 286 g/mol. The van der Waals surface area contributed by atoms with Crippen molar-refractivity contribution in [1.29, 1.82) is 0 Å². The van der Waals surface area contributed by atoms with Gasteiger partial charge in [0.15, 0.2) is 32.8 Å². The Balaban J connectivity index is 2.44. The molecule has 1 atom stereocenters. The van der Waals surface area contributed by atoms with Crippen LogP contribution in [0.15, 0.2) is 0 Å². The first-order valence-corrected chi connectivity index (χ1v) is 6.83. The highest BCUT2D eigenvalue weighted by Crippen LogP contribution is 2.33. The molecule has 0 amide bonds. The molecule has 0 aliphatic carbocycles. The predicted molar refractivity (Wildman–Crippen MR) is 99.0 cm³/mol. The molecule has 16 radical (unpaired) electrons. The van der Waals surface area contributed by atoms with Crippen LogP contribution in [0.25, 0.3) is 0 Å². The molecular weight excluding hydrogens is 277 g/mol. The Kier molecular flexibility index (Phi) is 4.60. The fraction of sp³-hybridized carbons (Fsp3) is 0.500. The third kappa shape index (κ3) is 4.04. The first-order chi connectivity index (χ1) is 10.2. The molecule has 1 heterocycles. The lowest BCUT2D eigenvalue weighted by Gasteiger charge is -2.37. The van der Waals surface area contributed by atoms with Gasteiger partial charge in [-0.1, -0.05) is 35.7 Å². The first kappa shape index (κ1) is 18.6. The fourth-order valence-electron chi connectivity index (χ4n) is 2.57. The predicted octanol–water partition coefficient (Wildman–Crippen LogP) is -4.18. The van der Waals surface area contributed by atoms with Crippen molar-refractivity contribution in [3.63, 3.8) is 0 Å². The largest absolute Gasteiger partial charge is 0.469 e. The van der Waals surface area contributed by atoms with Gasteiger partial charge in [0, 0.05) is 0 Å². The minimum atomic E-state index is -1.87. The maximum atomic E-state index is 6.18. The summed E-state index contributed by atoms with van der Waals surface area (Å²) in [5.74, 6) is 0.221. The van der Waals surface area contributed by atoms with Crippen molar-refractivity contribution in [2.75, 3.05) is 0 Å². The number of hydrogen-bond acceptors (Lipinski definition) is 3. The molecule has 1 aliphatic rings. The number of hydrogen-bond donors (Lipinski definition) is 1. The molecule has 23 heavy (non-hydrogen) atoms. The highest BCUT2D eigenvalue weighted by molar-refractivity contribution is 6.53. The second-order valence-electron chi connectivity index (χ2n) is 6.31. The summed E-state index contributed by atoms with van der Waals surface area (Å²) in [6, 6.07) is 0. The standard InChI is InChI=1S/C12H9B8NO2/c1-10(16,21-11(2,17)18)3-4-5(13)7(15)9-8(6(4)14)22-12(19,20)23-9/h21H,3H2,1-2H3. The Morgan fingerprint density at radius 1 is 0.913 bits per heavy atom. The van der Waals surface area contributed by atoms with Crippen molar-refractivity contribution in [1.82, 2.24) is 5.32 Å². The second kappa shape index (κ2) is 5.68. The van der Waals surface area contributed by atoms with Crippen LogP contribution in [-0.2, 0) is 6.42 Å². The number of benzene rings is 1. The molecule has 3 nitrogen and oxygen atoms in total. The number of nitrogens with one attached hydrogen (secondary N) is 1. The van der Waals surface area contributed by atoms with E-state index in [1.165, 1.54) is 0 Å². The van der Waals surface area contributed by atoms with E-state index in [0.29, 0.717) is 5.56 Å². The van der Waals surface area contributed by atoms with Gasteiger partial charge in [0.05, 0.1) is 23.5 Å². The summed E-state index contributed by atoms with van der Waals surface area (Å²) in [5.41, 5.74) is -1.96. The molecule has 2 rings (SSSR count). The van der Waals surface area contributed by atoms with Crippen LogP contribution < -0.4 is 31.2 Å². The third-order valence-electron chi connectivity index (χ3n) is 3.26. The minimum Gasteiger partial charge on any atom is -0.469 e. The quantitative estimate of drug-likeness (QED) is 0.570. The molecule has 1 aliphatic heterocycles. The van der Waals surface area contributed by atoms with Crippen LogP contribution in [0.1, 0.15) is 19.4 Å². The summed E-state index contributed by atoms with van der Waals surface area (Å²) in [4.78, 5) is 0. The summed E-state index contributed by atoms with van der Waals surface area (Å²) < 4.78 is 10.5. The number of rotatable bonds is 4. The average Bonchev–Trinajstić information content (AvgIpc) is 2.65. The molecule has 0 saturated heterocycles. The van der Waals surface area contributed by atoms with Gasteiger partial charge >= 0.3 is 0 Å². The van der Waals surface area contributed by atoms with Crippen LogP contribution in [0.4, 0.5) is 0 Å². The highest BCUT2D eigenvalue weighted by Gasteiger charge is 2.35. The lowest BCUT2D eigenvalue weighted by molar-refractivity contribution is 0.0844. The van der Waals surface area contributed by atoms with Crippen LogP contribution in [-0.4, -0.2) is 79.1 Å². The molecule has 0 bridgehead atoms. The molecule has 1 N–H and O–H groups in total. The van der Waals surface area contributed by atoms with Crippen LogP contribution in [0.3, 0.4) is 0 Å². The monoisotopic (exact) mass is 287 g/mol. The van der Waals surface area contributed by atoms with E-state index < -0.39 is 16.4 Å².